The van der Waals surface area contributed by atoms with Gasteiger partial charge in [0.05, 0.1) is 11.7 Å². The van der Waals surface area contributed by atoms with Crippen molar-refractivity contribution in [1.29, 1.82) is 0 Å². The maximum Gasteiger partial charge on any atom is 0.387 e. The van der Waals surface area contributed by atoms with E-state index in [0.29, 0.717) is 5.69 Å². The minimum Gasteiger partial charge on any atom is -0.435 e. The van der Waals surface area contributed by atoms with Gasteiger partial charge in [0.1, 0.15) is 11.8 Å². The van der Waals surface area contributed by atoms with E-state index < -0.39 is 24.7 Å². The smallest absolute Gasteiger partial charge is 0.387 e. The van der Waals surface area contributed by atoms with E-state index in [1.807, 2.05) is 37.3 Å². The van der Waals surface area contributed by atoms with Gasteiger partial charge in [0, 0.05) is 12.5 Å². The predicted octanol–water partition coefficient (Wildman–Crippen LogP) is 2.98. The fourth-order valence-electron chi connectivity index (χ4n) is 3.28. The molecule has 3 rings (SSSR count). The number of primary amides is 1. The van der Waals surface area contributed by atoms with Gasteiger partial charge in [-0.25, -0.2) is 4.79 Å². The van der Waals surface area contributed by atoms with Crippen LogP contribution in [0.15, 0.2) is 48.5 Å². The zero-order chi connectivity index (χ0) is 19.6. The number of benzene rings is 2. The Labute approximate surface area is 154 Å². The molecule has 2 aromatic rings. The molecule has 8 heteroatoms. The standard InChI is InChI=1S/C19H19F2N3O3/c1-11(12-5-3-2-4-6-12)24-16-10-14(27-18(20)21)8-7-13(16)9-15(17(24)25)23-19(22)26/h2-8,10-11,15,18H,9H2,1H3,(H3,22,23,26)/t11-,15+/m0/s1. The minimum absolute atomic E-state index is 0.0388. The van der Waals surface area contributed by atoms with Gasteiger partial charge in [0.2, 0.25) is 0 Å². The van der Waals surface area contributed by atoms with Crippen LogP contribution in [-0.4, -0.2) is 24.6 Å². The number of alkyl halides is 2. The van der Waals surface area contributed by atoms with Gasteiger partial charge in [-0.3, -0.25) is 4.79 Å². The number of amides is 3. The number of anilines is 1. The second kappa shape index (κ2) is 7.61. The highest BCUT2D eigenvalue weighted by Gasteiger charge is 2.36. The summed E-state index contributed by atoms with van der Waals surface area (Å²) in [7, 11) is 0. The van der Waals surface area contributed by atoms with Gasteiger partial charge >= 0.3 is 12.6 Å². The van der Waals surface area contributed by atoms with E-state index in [1.54, 1.807) is 6.07 Å². The summed E-state index contributed by atoms with van der Waals surface area (Å²) < 4.78 is 29.7. The quantitative estimate of drug-likeness (QED) is 0.843. The highest BCUT2D eigenvalue weighted by atomic mass is 19.3. The van der Waals surface area contributed by atoms with E-state index in [1.165, 1.54) is 17.0 Å². The third-order valence-electron chi connectivity index (χ3n) is 4.49. The van der Waals surface area contributed by atoms with E-state index >= 15 is 0 Å². The molecule has 2 atom stereocenters. The molecule has 1 heterocycles. The Morgan fingerprint density at radius 1 is 1.26 bits per heavy atom. The lowest BCUT2D eigenvalue weighted by Crippen LogP contribution is -2.54. The number of hydrogen-bond acceptors (Lipinski definition) is 3. The topological polar surface area (TPSA) is 84.7 Å². The third kappa shape index (κ3) is 3.99. The van der Waals surface area contributed by atoms with Crippen molar-refractivity contribution < 1.29 is 23.1 Å². The number of rotatable bonds is 5. The molecule has 0 saturated heterocycles. The first-order valence-electron chi connectivity index (χ1n) is 8.38. The number of ether oxygens (including phenoxy) is 1. The van der Waals surface area contributed by atoms with E-state index in [-0.39, 0.29) is 18.1 Å². The summed E-state index contributed by atoms with van der Waals surface area (Å²) in [5.41, 5.74) is 7.24. The molecule has 0 saturated carbocycles. The second-order valence-electron chi connectivity index (χ2n) is 6.23. The molecule has 0 fully saturated rings. The number of carbonyl (C=O) groups is 2. The van der Waals surface area contributed by atoms with Gasteiger partial charge in [0.15, 0.2) is 0 Å². The van der Waals surface area contributed by atoms with E-state index in [9.17, 15) is 18.4 Å². The summed E-state index contributed by atoms with van der Waals surface area (Å²) >= 11 is 0. The summed E-state index contributed by atoms with van der Waals surface area (Å²) in [4.78, 5) is 25.8. The molecule has 3 amide bonds. The molecular formula is C19H19F2N3O3. The molecule has 3 N–H and O–H groups in total. The number of urea groups is 1. The first-order valence-corrected chi connectivity index (χ1v) is 8.38. The number of nitrogens with zero attached hydrogens (tertiary/aromatic N) is 1. The maximum atomic E-state index is 13.0. The normalized spacial score (nSPS) is 17.4. The van der Waals surface area contributed by atoms with Crippen LogP contribution in [0.5, 0.6) is 5.75 Å². The van der Waals surface area contributed by atoms with Crippen LogP contribution in [0.4, 0.5) is 19.3 Å². The van der Waals surface area contributed by atoms with Crippen LogP contribution in [0.25, 0.3) is 0 Å². The number of hydrogen-bond donors (Lipinski definition) is 2. The van der Waals surface area contributed by atoms with Crippen LogP contribution in [0.1, 0.15) is 24.1 Å². The number of halogens is 2. The van der Waals surface area contributed by atoms with Crippen LogP contribution < -0.4 is 20.7 Å². The lowest BCUT2D eigenvalue weighted by atomic mass is 9.94. The Balaban J connectivity index is 2.05. The van der Waals surface area contributed by atoms with Crippen molar-refractivity contribution in [3.05, 3.63) is 59.7 Å². The van der Waals surface area contributed by atoms with Crippen LogP contribution in [-0.2, 0) is 11.2 Å². The number of carbonyl (C=O) groups excluding carboxylic acids is 2. The Morgan fingerprint density at radius 3 is 2.59 bits per heavy atom. The number of nitrogens with one attached hydrogen (secondary N) is 1. The molecule has 0 unspecified atom stereocenters. The summed E-state index contributed by atoms with van der Waals surface area (Å²) in [6.07, 6.45) is 0.212. The molecule has 2 aromatic carbocycles. The molecule has 0 aliphatic carbocycles. The Hall–Kier alpha value is -3.16. The first-order chi connectivity index (χ1) is 12.9. The van der Waals surface area contributed by atoms with Gasteiger partial charge < -0.3 is 20.7 Å². The molecule has 1 aliphatic heterocycles. The van der Waals surface area contributed by atoms with Gasteiger partial charge in [-0.05, 0) is 24.1 Å². The molecule has 0 radical (unpaired) electrons. The zero-order valence-electron chi connectivity index (χ0n) is 14.6. The Morgan fingerprint density at radius 2 is 1.96 bits per heavy atom. The highest BCUT2D eigenvalue weighted by molar-refractivity contribution is 6.02. The van der Waals surface area contributed by atoms with Gasteiger partial charge in [-0.15, -0.1) is 0 Å². The van der Waals surface area contributed by atoms with Crippen LogP contribution in [0, 0.1) is 0 Å². The van der Waals surface area contributed by atoms with Gasteiger partial charge in [0.25, 0.3) is 5.91 Å². The molecule has 1 aliphatic rings. The number of nitrogens with two attached hydrogens (primary N) is 1. The minimum atomic E-state index is -2.97. The maximum absolute atomic E-state index is 13.0. The lowest BCUT2D eigenvalue weighted by molar-refractivity contribution is -0.121. The summed E-state index contributed by atoms with van der Waals surface area (Å²) in [5, 5.41) is 2.45. The van der Waals surface area contributed by atoms with Crippen molar-refractivity contribution in [3.8, 4) is 5.75 Å². The van der Waals surface area contributed by atoms with E-state index in [2.05, 4.69) is 10.1 Å². The molecular weight excluding hydrogens is 356 g/mol. The first kappa shape index (κ1) is 18.6. The predicted molar refractivity (Wildman–Crippen MR) is 95.6 cm³/mol. The zero-order valence-corrected chi connectivity index (χ0v) is 14.6. The van der Waals surface area contributed by atoms with Crippen molar-refractivity contribution in [2.24, 2.45) is 5.73 Å². The fraction of sp³-hybridized carbons (Fsp3) is 0.263. The average Bonchev–Trinajstić information content (AvgIpc) is 2.62. The van der Waals surface area contributed by atoms with Gasteiger partial charge in [-0.1, -0.05) is 36.4 Å². The summed E-state index contributed by atoms with van der Waals surface area (Å²) in [6, 6.07) is 11.7. The van der Waals surface area contributed by atoms with Crippen LogP contribution in [0.3, 0.4) is 0 Å². The monoisotopic (exact) mass is 375 g/mol. The molecule has 6 nitrogen and oxygen atoms in total. The van der Waals surface area contributed by atoms with Crippen molar-refractivity contribution in [2.45, 2.75) is 32.0 Å². The van der Waals surface area contributed by atoms with Crippen molar-refractivity contribution in [1.82, 2.24) is 5.32 Å². The van der Waals surface area contributed by atoms with Crippen molar-refractivity contribution in [3.63, 3.8) is 0 Å². The van der Waals surface area contributed by atoms with Crippen molar-refractivity contribution in [2.75, 3.05) is 4.90 Å². The average molecular weight is 375 g/mol. The van der Waals surface area contributed by atoms with Gasteiger partial charge in [-0.2, -0.15) is 8.78 Å². The lowest BCUT2D eigenvalue weighted by Gasteiger charge is -2.38. The number of fused-ring (bicyclic) bond motifs is 1. The van der Waals surface area contributed by atoms with E-state index in [0.717, 1.165) is 11.1 Å². The third-order valence-corrected chi connectivity index (χ3v) is 4.49. The van der Waals surface area contributed by atoms with Crippen LogP contribution >= 0.6 is 0 Å². The SMILES string of the molecule is C[C@@H](c1ccccc1)N1C(=O)[C@H](NC(N)=O)Cc2ccc(OC(F)F)cc21. The highest BCUT2D eigenvalue weighted by Crippen LogP contribution is 2.37. The molecule has 142 valence electrons. The van der Waals surface area contributed by atoms with Crippen LogP contribution in [0.2, 0.25) is 0 Å². The Bertz CT molecular complexity index is 845. The molecule has 27 heavy (non-hydrogen) atoms. The van der Waals surface area contributed by atoms with Crippen molar-refractivity contribution >= 4 is 17.6 Å². The molecule has 0 aromatic heterocycles. The molecule has 0 bridgehead atoms. The second-order valence-corrected chi connectivity index (χ2v) is 6.23. The molecule has 0 spiro atoms. The Kier molecular flexibility index (Phi) is 5.25. The fourth-order valence-corrected chi connectivity index (χ4v) is 3.28. The van der Waals surface area contributed by atoms with E-state index in [4.69, 9.17) is 5.73 Å². The summed E-state index contributed by atoms with van der Waals surface area (Å²) in [5.74, 6) is -0.407. The largest absolute Gasteiger partial charge is 0.435 e. The summed E-state index contributed by atoms with van der Waals surface area (Å²) in [6.45, 7) is -1.14.